The van der Waals surface area contributed by atoms with E-state index in [4.69, 9.17) is 0 Å². The van der Waals surface area contributed by atoms with Crippen molar-refractivity contribution in [2.75, 3.05) is 32.7 Å². The summed E-state index contributed by atoms with van der Waals surface area (Å²) in [6.45, 7) is 12.7. The minimum atomic E-state index is -0.146. The molecule has 102 valence electrons. The number of hydrogen-bond donors (Lipinski definition) is 0. The highest BCUT2D eigenvalue weighted by Crippen LogP contribution is 2.07. The molecule has 0 aliphatic rings. The van der Waals surface area contributed by atoms with Crippen molar-refractivity contribution in [1.29, 1.82) is 0 Å². The van der Waals surface area contributed by atoms with Crippen LogP contribution in [0.4, 0.5) is 4.39 Å². The van der Waals surface area contributed by atoms with Crippen LogP contribution >= 0.6 is 0 Å². The third kappa shape index (κ3) is 5.15. The van der Waals surface area contributed by atoms with E-state index < -0.39 is 0 Å². The van der Waals surface area contributed by atoms with Gasteiger partial charge in [-0.1, -0.05) is 32.9 Å². The normalized spacial score (nSPS) is 11.4. The summed E-state index contributed by atoms with van der Waals surface area (Å²) in [5.41, 5.74) is 1.05. The highest BCUT2D eigenvalue weighted by Gasteiger charge is 2.06. The molecule has 0 aromatic heterocycles. The number of nitrogens with zero attached hydrogens (tertiary/aromatic N) is 2. The third-order valence-electron chi connectivity index (χ3n) is 3.37. The molecule has 2 nitrogen and oxygen atoms in total. The van der Waals surface area contributed by atoms with E-state index in [0.29, 0.717) is 0 Å². The Labute approximate surface area is 110 Å². The summed E-state index contributed by atoms with van der Waals surface area (Å²) >= 11 is 0. The second-order valence-corrected chi connectivity index (χ2v) is 4.53. The van der Waals surface area contributed by atoms with Gasteiger partial charge in [-0.05, 0) is 37.3 Å². The molecule has 0 aliphatic heterocycles. The molecule has 0 heterocycles. The number of hydrogen-bond acceptors (Lipinski definition) is 2. The van der Waals surface area contributed by atoms with Gasteiger partial charge >= 0.3 is 0 Å². The standard InChI is InChI=1S/C15H25FN2/c1-4-17(5-2)10-11-18(6-3)13-14-8-7-9-15(16)12-14/h7-9,12H,4-6,10-11,13H2,1-3H3. The van der Waals surface area contributed by atoms with E-state index >= 15 is 0 Å². The van der Waals surface area contributed by atoms with Gasteiger partial charge in [0.15, 0.2) is 0 Å². The lowest BCUT2D eigenvalue weighted by Crippen LogP contribution is -2.34. The fraction of sp³-hybridized carbons (Fsp3) is 0.600. The van der Waals surface area contributed by atoms with Crippen LogP contribution in [0, 0.1) is 5.82 Å². The molecule has 3 heteroatoms. The van der Waals surface area contributed by atoms with Crippen LogP contribution in [0.3, 0.4) is 0 Å². The van der Waals surface area contributed by atoms with E-state index in [1.165, 1.54) is 6.07 Å². The summed E-state index contributed by atoms with van der Waals surface area (Å²) in [7, 11) is 0. The third-order valence-corrected chi connectivity index (χ3v) is 3.37. The molecule has 0 fully saturated rings. The van der Waals surface area contributed by atoms with Crippen molar-refractivity contribution in [3.05, 3.63) is 35.6 Å². The summed E-state index contributed by atoms with van der Waals surface area (Å²) in [6.07, 6.45) is 0. The Hall–Kier alpha value is -0.930. The summed E-state index contributed by atoms with van der Waals surface area (Å²) in [6, 6.07) is 6.89. The molecular formula is C15H25FN2. The zero-order valence-electron chi connectivity index (χ0n) is 11.8. The van der Waals surface area contributed by atoms with Crippen molar-refractivity contribution in [2.24, 2.45) is 0 Å². The second-order valence-electron chi connectivity index (χ2n) is 4.53. The molecule has 0 radical (unpaired) electrons. The van der Waals surface area contributed by atoms with Crippen LogP contribution in [0.15, 0.2) is 24.3 Å². The molecule has 0 aliphatic carbocycles. The van der Waals surface area contributed by atoms with Gasteiger partial charge in [-0.3, -0.25) is 4.90 Å². The summed E-state index contributed by atoms with van der Waals surface area (Å²) in [5.74, 6) is -0.146. The predicted octanol–water partition coefficient (Wildman–Crippen LogP) is 2.99. The van der Waals surface area contributed by atoms with Crippen LogP contribution in [-0.4, -0.2) is 42.5 Å². The van der Waals surface area contributed by atoms with E-state index in [9.17, 15) is 4.39 Å². The van der Waals surface area contributed by atoms with Gasteiger partial charge < -0.3 is 4.90 Å². The van der Waals surface area contributed by atoms with Gasteiger partial charge in [0.05, 0.1) is 0 Å². The maximum absolute atomic E-state index is 13.1. The van der Waals surface area contributed by atoms with Crippen molar-refractivity contribution in [3.63, 3.8) is 0 Å². The molecule has 0 saturated carbocycles. The maximum atomic E-state index is 13.1. The van der Waals surface area contributed by atoms with Crippen molar-refractivity contribution in [3.8, 4) is 0 Å². The zero-order chi connectivity index (χ0) is 13.4. The van der Waals surface area contributed by atoms with Gasteiger partial charge in [-0.2, -0.15) is 0 Å². The molecule has 1 aromatic carbocycles. The molecule has 0 N–H and O–H groups in total. The van der Waals surface area contributed by atoms with E-state index in [1.54, 1.807) is 12.1 Å². The average molecular weight is 252 g/mol. The first-order chi connectivity index (χ1) is 8.69. The number of halogens is 1. The predicted molar refractivity (Wildman–Crippen MR) is 75.1 cm³/mol. The fourth-order valence-corrected chi connectivity index (χ4v) is 2.07. The van der Waals surface area contributed by atoms with Crippen LogP contribution in [0.2, 0.25) is 0 Å². The molecule has 0 saturated heterocycles. The Balaban J connectivity index is 2.46. The molecule has 18 heavy (non-hydrogen) atoms. The summed E-state index contributed by atoms with van der Waals surface area (Å²) < 4.78 is 13.1. The van der Waals surface area contributed by atoms with Crippen LogP contribution in [0.25, 0.3) is 0 Å². The summed E-state index contributed by atoms with van der Waals surface area (Å²) in [5, 5.41) is 0. The minimum Gasteiger partial charge on any atom is -0.303 e. The van der Waals surface area contributed by atoms with E-state index in [2.05, 4.69) is 30.6 Å². The highest BCUT2D eigenvalue weighted by atomic mass is 19.1. The lowest BCUT2D eigenvalue weighted by atomic mass is 10.2. The Morgan fingerprint density at radius 2 is 1.56 bits per heavy atom. The van der Waals surface area contributed by atoms with Gasteiger partial charge in [-0.15, -0.1) is 0 Å². The van der Waals surface area contributed by atoms with Gasteiger partial charge in [0.25, 0.3) is 0 Å². The summed E-state index contributed by atoms with van der Waals surface area (Å²) in [4.78, 5) is 4.77. The maximum Gasteiger partial charge on any atom is 0.123 e. The van der Waals surface area contributed by atoms with Gasteiger partial charge in [0.1, 0.15) is 5.82 Å². The molecule has 0 atom stereocenters. The van der Waals surface area contributed by atoms with Gasteiger partial charge in [0, 0.05) is 19.6 Å². The monoisotopic (exact) mass is 252 g/mol. The largest absolute Gasteiger partial charge is 0.303 e. The van der Waals surface area contributed by atoms with Crippen LogP contribution in [0.1, 0.15) is 26.3 Å². The molecule has 0 bridgehead atoms. The quantitative estimate of drug-likeness (QED) is 0.702. The van der Waals surface area contributed by atoms with Crippen molar-refractivity contribution in [1.82, 2.24) is 9.80 Å². The minimum absolute atomic E-state index is 0.146. The highest BCUT2D eigenvalue weighted by molar-refractivity contribution is 5.16. The number of benzene rings is 1. The zero-order valence-corrected chi connectivity index (χ0v) is 11.8. The molecule has 1 aromatic rings. The van der Waals surface area contributed by atoms with Crippen molar-refractivity contribution >= 4 is 0 Å². The molecule has 1 rings (SSSR count). The lowest BCUT2D eigenvalue weighted by Gasteiger charge is -2.25. The van der Waals surface area contributed by atoms with Crippen LogP contribution < -0.4 is 0 Å². The SMILES string of the molecule is CCN(CC)CCN(CC)Cc1cccc(F)c1. The van der Waals surface area contributed by atoms with E-state index in [0.717, 1.165) is 44.8 Å². The fourth-order valence-electron chi connectivity index (χ4n) is 2.07. The Kier molecular flexibility index (Phi) is 6.91. The van der Waals surface area contributed by atoms with Gasteiger partial charge in [0.2, 0.25) is 0 Å². The molecule has 0 amide bonds. The molecule has 0 spiro atoms. The van der Waals surface area contributed by atoms with Crippen LogP contribution in [-0.2, 0) is 6.54 Å². The van der Waals surface area contributed by atoms with E-state index in [1.807, 2.05) is 6.07 Å². The lowest BCUT2D eigenvalue weighted by molar-refractivity contribution is 0.215. The topological polar surface area (TPSA) is 6.48 Å². The first-order valence-corrected chi connectivity index (χ1v) is 6.88. The molecule has 0 unspecified atom stereocenters. The molecular weight excluding hydrogens is 227 g/mol. The Bertz CT molecular complexity index is 337. The van der Waals surface area contributed by atoms with Crippen molar-refractivity contribution in [2.45, 2.75) is 27.3 Å². The first-order valence-electron chi connectivity index (χ1n) is 6.88. The Morgan fingerprint density at radius 3 is 2.11 bits per heavy atom. The number of likely N-dealkylation sites (N-methyl/N-ethyl adjacent to an activating group) is 2. The van der Waals surface area contributed by atoms with E-state index in [-0.39, 0.29) is 5.82 Å². The van der Waals surface area contributed by atoms with Gasteiger partial charge in [-0.25, -0.2) is 4.39 Å². The van der Waals surface area contributed by atoms with Crippen molar-refractivity contribution < 1.29 is 4.39 Å². The smallest absolute Gasteiger partial charge is 0.123 e. The first kappa shape index (κ1) is 15.1. The number of rotatable bonds is 8. The second kappa shape index (κ2) is 8.22. The van der Waals surface area contributed by atoms with Crippen LogP contribution in [0.5, 0.6) is 0 Å². The Morgan fingerprint density at radius 1 is 0.944 bits per heavy atom. The average Bonchev–Trinajstić information content (AvgIpc) is 2.38.